The molecule has 1 saturated heterocycles. The van der Waals surface area contributed by atoms with Crippen LogP contribution in [-0.4, -0.2) is 25.8 Å². The summed E-state index contributed by atoms with van der Waals surface area (Å²) >= 11 is 0. The van der Waals surface area contributed by atoms with Crippen LogP contribution < -0.4 is 0 Å². The van der Waals surface area contributed by atoms with Crippen molar-refractivity contribution in [3.63, 3.8) is 0 Å². The van der Waals surface area contributed by atoms with E-state index in [1.165, 1.54) is 28.6 Å². The van der Waals surface area contributed by atoms with E-state index in [0.717, 1.165) is 30.9 Å². The first kappa shape index (κ1) is 18.0. The Kier molecular flexibility index (Phi) is 5.20. The summed E-state index contributed by atoms with van der Waals surface area (Å²) in [5.41, 5.74) is 1.61. The van der Waals surface area contributed by atoms with Gasteiger partial charge in [0.2, 0.25) is 10.0 Å². The van der Waals surface area contributed by atoms with Gasteiger partial charge in [0.1, 0.15) is 11.6 Å². The van der Waals surface area contributed by atoms with Crippen LogP contribution in [-0.2, 0) is 16.4 Å². The van der Waals surface area contributed by atoms with Crippen molar-refractivity contribution in [3.8, 4) is 0 Å². The molecule has 1 fully saturated rings. The van der Waals surface area contributed by atoms with Gasteiger partial charge < -0.3 is 0 Å². The van der Waals surface area contributed by atoms with Crippen LogP contribution in [0.1, 0.15) is 24.0 Å². The van der Waals surface area contributed by atoms with Gasteiger partial charge in [-0.2, -0.15) is 4.31 Å². The van der Waals surface area contributed by atoms with E-state index >= 15 is 0 Å². The van der Waals surface area contributed by atoms with Crippen molar-refractivity contribution in [3.05, 3.63) is 65.2 Å². The predicted octanol–water partition coefficient (Wildman–Crippen LogP) is 3.92. The zero-order chi connectivity index (χ0) is 18.0. The van der Waals surface area contributed by atoms with Crippen molar-refractivity contribution in [2.75, 3.05) is 13.1 Å². The first-order valence-electron chi connectivity index (χ1n) is 8.37. The Morgan fingerprint density at radius 3 is 2.24 bits per heavy atom. The molecule has 0 atom stereocenters. The van der Waals surface area contributed by atoms with E-state index in [0.29, 0.717) is 24.6 Å². The third-order valence-electron chi connectivity index (χ3n) is 4.78. The number of nitrogens with zero attached hydrogens (tertiary/aromatic N) is 1. The number of piperidine rings is 1. The zero-order valence-corrected chi connectivity index (χ0v) is 14.9. The topological polar surface area (TPSA) is 37.4 Å². The smallest absolute Gasteiger partial charge is 0.207 e. The highest BCUT2D eigenvalue weighted by Crippen LogP contribution is 2.28. The molecular weight excluding hydrogens is 344 g/mol. The van der Waals surface area contributed by atoms with Gasteiger partial charge in [-0.1, -0.05) is 18.2 Å². The minimum Gasteiger partial charge on any atom is -0.207 e. The van der Waals surface area contributed by atoms with Gasteiger partial charge in [-0.25, -0.2) is 17.2 Å². The highest BCUT2D eigenvalue weighted by molar-refractivity contribution is 7.89. The largest absolute Gasteiger partial charge is 0.243 e. The van der Waals surface area contributed by atoms with Crippen LogP contribution in [0.25, 0.3) is 0 Å². The normalized spacial score (nSPS) is 16.9. The van der Waals surface area contributed by atoms with Gasteiger partial charge in [-0.3, -0.25) is 0 Å². The number of hydrogen-bond donors (Lipinski definition) is 0. The zero-order valence-electron chi connectivity index (χ0n) is 14.1. The maximum atomic E-state index is 13.5. The van der Waals surface area contributed by atoms with Crippen LogP contribution in [0.2, 0.25) is 0 Å². The number of benzene rings is 2. The van der Waals surface area contributed by atoms with Crippen molar-refractivity contribution in [1.82, 2.24) is 4.31 Å². The Hall–Kier alpha value is -1.79. The summed E-state index contributed by atoms with van der Waals surface area (Å²) in [6, 6.07) is 10.3. The van der Waals surface area contributed by atoms with E-state index in [1.807, 2.05) is 0 Å². The molecule has 2 aromatic carbocycles. The summed E-state index contributed by atoms with van der Waals surface area (Å²) in [6.07, 6.45) is 2.29. The first-order valence-corrected chi connectivity index (χ1v) is 9.81. The molecule has 3 rings (SSSR count). The van der Waals surface area contributed by atoms with E-state index in [9.17, 15) is 17.2 Å². The molecule has 134 valence electrons. The van der Waals surface area contributed by atoms with Gasteiger partial charge in [-0.05, 0) is 67.5 Å². The Bertz CT molecular complexity index is 842. The molecule has 0 N–H and O–H groups in total. The molecule has 0 unspecified atom stereocenters. The Labute approximate surface area is 147 Å². The summed E-state index contributed by atoms with van der Waals surface area (Å²) in [5, 5.41) is 0. The maximum Gasteiger partial charge on any atom is 0.243 e. The number of hydrogen-bond acceptors (Lipinski definition) is 2. The summed E-state index contributed by atoms with van der Waals surface area (Å²) in [5.74, 6) is -0.434. The molecule has 2 aromatic rings. The van der Waals surface area contributed by atoms with Crippen LogP contribution in [0.15, 0.2) is 47.4 Å². The van der Waals surface area contributed by atoms with Crippen LogP contribution in [0.4, 0.5) is 8.78 Å². The summed E-state index contributed by atoms with van der Waals surface area (Å²) in [7, 11) is -3.67. The van der Waals surface area contributed by atoms with Gasteiger partial charge >= 0.3 is 0 Å². The van der Waals surface area contributed by atoms with E-state index in [4.69, 9.17) is 0 Å². The molecule has 0 aliphatic carbocycles. The van der Waals surface area contributed by atoms with Crippen molar-refractivity contribution in [1.29, 1.82) is 0 Å². The van der Waals surface area contributed by atoms with Gasteiger partial charge in [0.15, 0.2) is 0 Å². The minimum absolute atomic E-state index is 0.0458. The maximum absolute atomic E-state index is 13.5. The van der Waals surface area contributed by atoms with Crippen molar-refractivity contribution in [2.24, 2.45) is 5.92 Å². The molecule has 25 heavy (non-hydrogen) atoms. The van der Waals surface area contributed by atoms with Gasteiger partial charge in [0, 0.05) is 13.1 Å². The first-order chi connectivity index (χ1) is 11.9. The minimum atomic E-state index is -3.67. The van der Waals surface area contributed by atoms with E-state index in [-0.39, 0.29) is 10.7 Å². The third-order valence-corrected chi connectivity index (χ3v) is 6.82. The quantitative estimate of drug-likeness (QED) is 0.824. The lowest BCUT2D eigenvalue weighted by Gasteiger charge is -2.31. The van der Waals surface area contributed by atoms with Gasteiger partial charge in [-0.15, -0.1) is 0 Å². The molecule has 1 aliphatic rings. The molecule has 0 amide bonds. The molecule has 0 aromatic heterocycles. The average molecular weight is 365 g/mol. The second-order valence-corrected chi connectivity index (χ2v) is 8.49. The van der Waals surface area contributed by atoms with Crippen LogP contribution >= 0.6 is 0 Å². The fourth-order valence-corrected chi connectivity index (χ4v) is 5.00. The molecule has 0 saturated carbocycles. The highest BCUT2D eigenvalue weighted by atomic mass is 32.2. The molecule has 1 heterocycles. The molecule has 3 nitrogen and oxygen atoms in total. The van der Waals surface area contributed by atoms with Crippen molar-refractivity contribution in [2.45, 2.75) is 31.1 Å². The molecule has 0 spiro atoms. The summed E-state index contributed by atoms with van der Waals surface area (Å²) < 4.78 is 53.4. The Morgan fingerprint density at radius 2 is 1.60 bits per heavy atom. The molecule has 0 bridgehead atoms. The molecule has 1 aliphatic heterocycles. The van der Waals surface area contributed by atoms with Crippen LogP contribution in [0, 0.1) is 24.5 Å². The number of halogens is 2. The van der Waals surface area contributed by atoms with Crippen LogP contribution in [0.5, 0.6) is 0 Å². The molecule has 6 heteroatoms. The third kappa shape index (κ3) is 4.07. The van der Waals surface area contributed by atoms with E-state index in [1.54, 1.807) is 19.1 Å². The fourth-order valence-electron chi connectivity index (χ4n) is 3.30. The Balaban J connectivity index is 1.67. The summed E-state index contributed by atoms with van der Waals surface area (Å²) in [4.78, 5) is 0.0458. The van der Waals surface area contributed by atoms with Crippen molar-refractivity contribution >= 4 is 10.0 Å². The van der Waals surface area contributed by atoms with Gasteiger partial charge in [0.05, 0.1) is 4.90 Å². The van der Waals surface area contributed by atoms with Crippen LogP contribution in [0.3, 0.4) is 0 Å². The Morgan fingerprint density at radius 1 is 1.00 bits per heavy atom. The average Bonchev–Trinajstić information content (AvgIpc) is 2.59. The fraction of sp³-hybridized carbons (Fsp3) is 0.368. The second kappa shape index (κ2) is 7.22. The molecule has 0 radical (unpaired) electrons. The SMILES string of the molecule is Cc1ccc(F)cc1S(=O)(=O)N1CCC(Cc2ccc(F)cc2)CC1. The lowest BCUT2D eigenvalue weighted by molar-refractivity contribution is 0.272. The van der Waals surface area contributed by atoms with Crippen molar-refractivity contribution < 1.29 is 17.2 Å². The lowest BCUT2D eigenvalue weighted by Crippen LogP contribution is -2.39. The number of aryl methyl sites for hydroxylation is 1. The second-order valence-electron chi connectivity index (χ2n) is 6.59. The molecular formula is C19H21F2NO2S. The van der Waals surface area contributed by atoms with E-state index in [2.05, 4.69) is 0 Å². The number of rotatable bonds is 4. The van der Waals surface area contributed by atoms with E-state index < -0.39 is 15.8 Å². The van der Waals surface area contributed by atoms with Gasteiger partial charge in [0.25, 0.3) is 0 Å². The highest BCUT2D eigenvalue weighted by Gasteiger charge is 2.30. The standard InChI is InChI=1S/C19H21F2NO2S/c1-14-2-5-18(21)13-19(14)25(23,24)22-10-8-16(9-11-22)12-15-3-6-17(20)7-4-15/h2-7,13,16H,8-12H2,1H3. The lowest BCUT2D eigenvalue weighted by atomic mass is 9.91. The summed E-state index contributed by atoms with van der Waals surface area (Å²) in [6.45, 7) is 2.52. The predicted molar refractivity (Wildman–Crippen MR) is 92.7 cm³/mol. The monoisotopic (exact) mass is 365 g/mol. The number of sulfonamides is 1.